The summed E-state index contributed by atoms with van der Waals surface area (Å²) in [7, 11) is 1.52. The van der Waals surface area contributed by atoms with E-state index < -0.39 is 0 Å². The zero-order valence-electron chi connectivity index (χ0n) is 10.4. The Bertz CT molecular complexity index is 344. The number of nitrogens with one attached hydrogen (secondary N) is 1. The highest BCUT2D eigenvalue weighted by atomic mass is 19.1. The van der Waals surface area contributed by atoms with E-state index in [1.54, 1.807) is 12.1 Å². The summed E-state index contributed by atoms with van der Waals surface area (Å²) < 4.78 is 18.7. The molecule has 2 N–H and O–H groups in total. The quantitative estimate of drug-likeness (QED) is 0.719. The first-order valence-electron chi connectivity index (χ1n) is 5.86. The van der Waals surface area contributed by atoms with E-state index in [2.05, 4.69) is 5.32 Å². The normalized spacial score (nSPS) is 12.5. The predicted octanol–water partition coefficient (Wildman–Crippen LogP) is 2.26. The molecular formula is C13H20FNO2. The van der Waals surface area contributed by atoms with Crippen LogP contribution in [0, 0.1) is 5.82 Å². The molecule has 0 amide bonds. The fraction of sp³-hybridized carbons (Fsp3) is 0.538. The molecule has 0 bridgehead atoms. The van der Waals surface area contributed by atoms with E-state index in [4.69, 9.17) is 9.84 Å². The molecule has 0 saturated carbocycles. The second-order valence-electron chi connectivity index (χ2n) is 3.99. The third-order valence-electron chi connectivity index (χ3n) is 2.71. The Kier molecular flexibility index (Phi) is 5.94. The lowest BCUT2D eigenvalue weighted by atomic mass is 10.1. The fourth-order valence-corrected chi connectivity index (χ4v) is 1.65. The van der Waals surface area contributed by atoms with E-state index in [1.807, 2.05) is 6.92 Å². The van der Waals surface area contributed by atoms with Gasteiger partial charge < -0.3 is 15.2 Å². The average molecular weight is 241 g/mol. The maximum Gasteiger partial charge on any atom is 0.131 e. The van der Waals surface area contributed by atoms with Crippen LogP contribution in [0.25, 0.3) is 0 Å². The molecule has 3 nitrogen and oxygen atoms in total. The number of aliphatic hydroxyl groups is 1. The number of aliphatic hydroxyl groups excluding tert-OH is 1. The van der Waals surface area contributed by atoms with Crippen molar-refractivity contribution in [1.29, 1.82) is 0 Å². The van der Waals surface area contributed by atoms with Crippen LogP contribution in [-0.2, 0) is 0 Å². The Morgan fingerprint density at radius 2 is 2.18 bits per heavy atom. The standard InChI is InChI=1S/C13H20FNO2/c1-10(15-7-3-4-8-16)12-6-5-11(17-2)9-13(12)14/h5-6,9-10,15-16H,3-4,7-8H2,1-2H3. The summed E-state index contributed by atoms with van der Waals surface area (Å²) in [6, 6.07) is 4.84. The van der Waals surface area contributed by atoms with Crippen molar-refractivity contribution in [3.05, 3.63) is 29.6 Å². The molecule has 0 radical (unpaired) electrons. The number of hydrogen-bond acceptors (Lipinski definition) is 3. The van der Waals surface area contributed by atoms with Gasteiger partial charge in [0.25, 0.3) is 0 Å². The van der Waals surface area contributed by atoms with Gasteiger partial charge in [0, 0.05) is 24.3 Å². The van der Waals surface area contributed by atoms with Gasteiger partial charge in [-0.05, 0) is 32.4 Å². The fourth-order valence-electron chi connectivity index (χ4n) is 1.65. The zero-order valence-corrected chi connectivity index (χ0v) is 10.4. The van der Waals surface area contributed by atoms with Gasteiger partial charge in [-0.25, -0.2) is 4.39 Å². The molecule has 0 aliphatic carbocycles. The third kappa shape index (κ3) is 4.32. The topological polar surface area (TPSA) is 41.5 Å². The minimum atomic E-state index is -0.258. The first-order chi connectivity index (χ1) is 8.19. The lowest BCUT2D eigenvalue weighted by Gasteiger charge is -2.15. The molecule has 4 heteroatoms. The molecule has 0 heterocycles. The summed E-state index contributed by atoms with van der Waals surface area (Å²) in [6.07, 6.45) is 1.66. The van der Waals surface area contributed by atoms with Crippen LogP contribution in [0.3, 0.4) is 0 Å². The number of hydrogen-bond donors (Lipinski definition) is 2. The second-order valence-corrected chi connectivity index (χ2v) is 3.99. The molecule has 96 valence electrons. The summed E-state index contributed by atoms with van der Waals surface area (Å²) in [5, 5.41) is 11.9. The molecule has 0 saturated heterocycles. The number of rotatable bonds is 7. The highest BCUT2D eigenvalue weighted by Crippen LogP contribution is 2.21. The molecule has 0 aromatic heterocycles. The maximum atomic E-state index is 13.7. The Hall–Kier alpha value is -1.13. The van der Waals surface area contributed by atoms with Crippen LogP contribution in [0.5, 0.6) is 5.75 Å². The molecule has 1 unspecified atom stereocenters. The van der Waals surface area contributed by atoms with Crippen LogP contribution < -0.4 is 10.1 Å². The summed E-state index contributed by atoms with van der Waals surface area (Å²) in [5.41, 5.74) is 0.634. The highest BCUT2D eigenvalue weighted by molar-refractivity contribution is 5.30. The van der Waals surface area contributed by atoms with E-state index in [0.29, 0.717) is 11.3 Å². The Balaban J connectivity index is 2.53. The number of methoxy groups -OCH3 is 1. The highest BCUT2D eigenvalue weighted by Gasteiger charge is 2.10. The Labute approximate surface area is 102 Å². The molecule has 1 aromatic rings. The van der Waals surface area contributed by atoms with Crippen LogP contribution >= 0.6 is 0 Å². The van der Waals surface area contributed by atoms with Crippen molar-refractivity contribution < 1.29 is 14.2 Å². The van der Waals surface area contributed by atoms with Crippen LogP contribution in [0.2, 0.25) is 0 Å². The van der Waals surface area contributed by atoms with Crippen molar-refractivity contribution in [2.45, 2.75) is 25.8 Å². The summed E-state index contributed by atoms with van der Waals surface area (Å²) >= 11 is 0. The van der Waals surface area contributed by atoms with Crippen LogP contribution in [0.4, 0.5) is 4.39 Å². The zero-order chi connectivity index (χ0) is 12.7. The van der Waals surface area contributed by atoms with Crippen LogP contribution in [-0.4, -0.2) is 25.4 Å². The summed E-state index contributed by atoms with van der Waals surface area (Å²) in [5.74, 6) is 0.269. The van der Waals surface area contributed by atoms with Gasteiger partial charge in [0.15, 0.2) is 0 Å². The van der Waals surface area contributed by atoms with E-state index in [0.717, 1.165) is 19.4 Å². The Morgan fingerprint density at radius 1 is 1.41 bits per heavy atom. The van der Waals surface area contributed by atoms with Crippen molar-refractivity contribution in [2.75, 3.05) is 20.3 Å². The molecule has 0 aliphatic rings. The van der Waals surface area contributed by atoms with Gasteiger partial charge in [-0.3, -0.25) is 0 Å². The van der Waals surface area contributed by atoms with Gasteiger partial charge in [0.1, 0.15) is 11.6 Å². The largest absolute Gasteiger partial charge is 0.497 e. The van der Waals surface area contributed by atoms with Gasteiger partial charge in [-0.15, -0.1) is 0 Å². The molecule has 0 spiro atoms. The maximum absolute atomic E-state index is 13.7. The number of unbranched alkanes of at least 4 members (excludes halogenated alkanes) is 1. The third-order valence-corrected chi connectivity index (χ3v) is 2.71. The van der Waals surface area contributed by atoms with E-state index in [1.165, 1.54) is 13.2 Å². The van der Waals surface area contributed by atoms with Crippen LogP contribution in [0.15, 0.2) is 18.2 Å². The van der Waals surface area contributed by atoms with Gasteiger partial charge in [-0.2, -0.15) is 0 Å². The molecule has 1 atom stereocenters. The van der Waals surface area contributed by atoms with Crippen LogP contribution in [0.1, 0.15) is 31.4 Å². The van der Waals surface area contributed by atoms with Crippen molar-refractivity contribution >= 4 is 0 Å². The van der Waals surface area contributed by atoms with E-state index in [9.17, 15) is 4.39 Å². The van der Waals surface area contributed by atoms with Gasteiger partial charge in [0.2, 0.25) is 0 Å². The van der Waals surface area contributed by atoms with Gasteiger partial charge in [-0.1, -0.05) is 6.07 Å². The second kappa shape index (κ2) is 7.25. The van der Waals surface area contributed by atoms with Crippen molar-refractivity contribution in [1.82, 2.24) is 5.32 Å². The van der Waals surface area contributed by atoms with Gasteiger partial charge >= 0.3 is 0 Å². The molecule has 0 aliphatic heterocycles. The van der Waals surface area contributed by atoms with Crippen molar-refractivity contribution in [3.63, 3.8) is 0 Å². The minimum Gasteiger partial charge on any atom is -0.497 e. The van der Waals surface area contributed by atoms with Crippen molar-refractivity contribution in [2.24, 2.45) is 0 Å². The monoisotopic (exact) mass is 241 g/mol. The minimum absolute atomic E-state index is 0.0420. The SMILES string of the molecule is COc1ccc(C(C)NCCCCO)c(F)c1. The average Bonchev–Trinajstić information content (AvgIpc) is 2.34. The molecular weight excluding hydrogens is 221 g/mol. The number of benzene rings is 1. The molecule has 17 heavy (non-hydrogen) atoms. The Morgan fingerprint density at radius 3 is 2.76 bits per heavy atom. The number of ether oxygens (including phenoxy) is 1. The number of halogens is 1. The molecule has 1 rings (SSSR count). The van der Waals surface area contributed by atoms with E-state index >= 15 is 0 Å². The molecule has 1 aromatic carbocycles. The molecule has 0 fully saturated rings. The first-order valence-corrected chi connectivity index (χ1v) is 5.86. The smallest absolute Gasteiger partial charge is 0.131 e. The lowest BCUT2D eigenvalue weighted by Crippen LogP contribution is -2.21. The summed E-state index contributed by atoms with van der Waals surface area (Å²) in [6.45, 7) is 2.89. The lowest BCUT2D eigenvalue weighted by molar-refractivity contribution is 0.282. The first kappa shape index (κ1) is 13.9. The van der Waals surface area contributed by atoms with Crippen molar-refractivity contribution in [3.8, 4) is 5.75 Å². The summed E-state index contributed by atoms with van der Waals surface area (Å²) in [4.78, 5) is 0. The van der Waals surface area contributed by atoms with E-state index in [-0.39, 0.29) is 18.5 Å². The van der Waals surface area contributed by atoms with Gasteiger partial charge in [0.05, 0.1) is 7.11 Å². The predicted molar refractivity (Wildman–Crippen MR) is 65.7 cm³/mol.